The summed E-state index contributed by atoms with van der Waals surface area (Å²) >= 11 is 3.49. The van der Waals surface area contributed by atoms with Crippen molar-refractivity contribution in [1.29, 1.82) is 0 Å². The van der Waals surface area contributed by atoms with Gasteiger partial charge in [0.25, 0.3) is 0 Å². The SMILES string of the molecule is CN=C(NCc1ccc(Br)cc1C)NCc1ccccc1OC.I. The topological polar surface area (TPSA) is 45.7 Å². The van der Waals surface area contributed by atoms with Crippen LogP contribution in [0.5, 0.6) is 5.75 Å². The number of rotatable bonds is 5. The molecule has 24 heavy (non-hydrogen) atoms. The molecule has 0 atom stereocenters. The van der Waals surface area contributed by atoms with E-state index in [4.69, 9.17) is 4.74 Å². The summed E-state index contributed by atoms with van der Waals surface area (Å²) in [4.78, 5) is 4.27. The molecule has 0 aliphatic rings. The summed E-state index contributed by atoms with van der Waals surface area (Å²) in [7, 11) is 3.45. The van der Waals surface area contributed by atoms with Crippen molar-refractivity contribution in [3.8, 4) is 5.75 Å². The average molecular weight is 504 g/mol. The molecular weight excluding hydrogens is 481 g/mol. The minimum Gasteiger partial charge on any atom is -0.496 e. The molecule has 0 aliphatic carbocycles. The minimum atomic E-state index is 0. The van der Waals surface area contributed by atoms with Gasteiger partial charge in [0.05, 0.1) is 7.11 Å². The van der Waals surface area contributed by atoms with Crippen molar-refractivity contribution in [3.05, 3.63) is 63.6 Å². The van der Waals surface area contributed by atoms with E-state index in [2.05, 4.69) is 56.7 Å². The number of nitrogens with one attached hydrogen (secondary N) is 2. The Balaban J connectivity index is 0.00000288. The van der Waals surface area contributed by atoms with E-state index < -0.39 is 0 Å². The van der Waals surface area contributed by atoms with Crippen molar-refractivity contribution in [3.63, 3.8) is 0 Å². The summed E-state index contributed by atoms with van der Waals surface area (Å²) in [6, 6.07) is 14.2. The Morgan fingerprint density at radius 3 is 2.38 bits per heavy atom. The number of hydrogen-bond donors (Lipinski definition) is 2. The van der Waals surface area contributed by atoms with Crippen LogP contribution in [0.4, 0.5) is 0 Å². The van der Waals surface area contributed by atoms with Crippen LogP contribution in [0.3, 0.4) is 0 Å². The Bertz CT molecular complexity index is 692. The average Bonchev–Trinajstić information content (AvgIpc) is 2.56. The molecule has 0 amide bonds. The molecule has 2 N–H and O–H groups in total. The zero-order valence-electron chi connectivity index (χ0n) is 14.1. The molecule has 0 unspecified atom stereocenters. The number of aliphatic imine (C=N–C) groups is 1. The Morgan fingerprint density at radius 2 is 1.75 bits per heavy atom. The van der Waals surface area contributed by atoms with Crippen LogP contribution in [0.1, 0.15) is 16.7 Å². The normalized spacial score (nSPS) is 10.8. The molecule has 0 saturated carbocycles. The molecule has 0 aliphatic heterocycles. The Morgan fingerprint density at radius 1 is 1.08 bits per heavy atom. The Labute approximate surface area is 169 Å². The lowest BCUT2D eigenvalue weighted by Crippen LogP contribution is -2.36. The second kappa shape index (κ2) is 10.6. The van der Waals surface area contributed by atoms with E-state index in [1.165, 1.54) is 11.1 Å². The van der Waals surface area contributed by atoms with Crippen molar-refractivity contribution in [2.45, 2.75) is 20.0 Å². The lowest BCUT2D eigenvalue weighted by Gasteiger charge is -2.14. The van der Waals surface area contributed by atoms with E-state index in [0.717, 1.165) is 28.3 Å². The van der Waals surface area contributed by atoms with Gasteiger partial charge in [-0.25, -0.2) is 0 Å². The molecule has 0 aromatic heterocycles. The van der Waals surface area contributed by atoms with E-state index >= 15 is 0 Å². The number of ether oxygens (including phenoxy) is 1. The summed E-state index contributed by atoms with van der Waals surface area (Å²) in [6.07, 6.45) is 0. The van der Waals surface area contributed by atoms with Gasteiger partial charge in [-0.3, -0.25) is 4.99 Å². The van der Waals surface area contributed by atoms with Gasteiger partial charge in [-0.05, 0) is 36.2 Å². The van der Waals surface area contributed by atoms with Gasteiger partial charge < -0.3 is 15.4 Å². The molecule has 0 radical (unpaired) electrons. The third-order valence-electron chi connectivity index (χ3n) is 3.61. The Hall–Kier alpha value is -1.28. The van der Waals surface area contributed by atoms with Crippen LogP contribution in [0.15, 0.2) is 51.9 Å². The van der Waals surface area contributed by atoms with Gasteiger partial charge in [-0.2, -0.15) is 0 Å². The summed E-state index contributed by atoms with van der Waals surface area (Å²) in [6.45, 7) is 3.49. The third-order valence-corrected chi connectivity index (χ3v) is 4.11. The quantitative estimate of drug-likeness (QED) is 0.364. The van der Waals surface area contributed by atoms with Crippen LogP contribution in [0, 0.1) is 6.92 Å². The number of aryl methyl sites for hydroxylation is 1. The van der Waals surface area contributed by atoms with E-state index in [-0.39, 0.29) is 24.0 Å². The van der Waals surface area contributed by atoms with E-state index in [1.54, 1.807) is 14.2 Å². The molecule has 4 nitrogen and oxygen atoms in total. The molecule has 0 saturated heterocycles. The van der Waals surface area contributed by atoms with Gasteiger partial charge in [-0.15, -0.1) is 24.0 Å². The maximum atomic E-state index is 5.36. The van der Waals surface area contributed by atoms with Crippen LogP contribution < -0.4 is 15.4 Å². The first-order valence-electron chi connectivity index (χ1n) is 7.45. The number of methoxy groups -OCH3 is 1. The zero-order chi connectivity index (χ0) is 16.7. The monoisotopic (exact) mass is 503 g/mol. The van der Waals surface area contributed by atoms with Crippen LogP contribution in [-0.2, 0) is 13.1 Å². The standard InChI is InChI=1S/C18H22BrN3O.HI/c1-13-10-16(19)9-8-14(13)11-21-18(20-2)22-12-15-6-4-5-7-17(15)23-3;/h4-10H,11-12H2,1-3H3,(H2,20,21,22);1H. The maximum Gasteiger partial charge on any atom is 0.191 e. The molecule has 2 aromatic carbocycles. The predicted octanol–water partition coefficient (Wildman–Crippen LogP) is 4.25. The summed E-state index contributed by atoms with van der Waals surface area (Å²) in [5.41, 5.74) is 3.58. The molecule has 0 spiro atoms. The lowest BCUT2D eigenvalue weighted by atomic mass is 10.1. The summed E-state index contributed by atoms with van der Waals surface area (Å²) < 4.78 is 6.46. The maximum absolute atomic E-state index is 5.36. The number of halogens is 2. The third kappa shape index (κ3) is 5.98. The fourth-order valence-electron chi connectivity index (χ4n) is 2.29. The van der Waals surface area contributed by atoms with Gasteiger partial charge in [0.1, 0.15) is 5.75 Å². The molecular formula is C18H23BrIN3O. The molecule has 0 bridgehead atoms. The molecule has 0 fully saturated rings. The molecule has 6 heteroatoms. The predicted molar refractivity (Wildman–Crippen MR) is 114 cm³/mol. The van der Waals surface area contributed by atoms with Gasteiger partial charge in [0.2, 0.25) is 0 Å². The highest BCUT2D eigenvalue weighted by molar-refractivity contribution is 14.0. The first-order chi connectivity index (χ1) is 11.1. The van der Waals surface area contributed by atoms with Crippen LogP contribution in [-0.4, -0.2) is 20.1 Å². The Kier molecular flexibility index (Phi) is 9.13. The molecule has 2 rings (SSSR count). The van der Waals surface area contributed by atoms with Gasteiger partial charge in [0, 0.05) is 30.2 Å². The van der Waals surface area contributed by atoms with Crippen LogP contribution in [0.2, 0.25) is 0 Å². The van der Waals surface area contributed by atoms with E-state index in [0.29, 0.717) is 6.54 Å². The summed E-state index contributed by atoms with van der Waals surface area (Å²) in [5.74, 6) is 1.64. The number of nitrogens with zero attached hydrogens (tertiary/aromatic N) is 1. The van der Waals surface area contributed by atoms with Crippen molar-refractivity contribution in [2.75, 3.05) is 14.2 Å². The van der Waals surface area contributed by atoms with E-state index in [9.17, 15) is 0 Å². The van der Waals surface area contributed by atoms with Gasteiger partial charge in [-0.1, -0.05) is 40.2 Å². The second-order valence-corrected chi connectivity index (χ2v) is 6.08. The fourth-order valence-corrected chi connectivity index (χ4v) is 2.76. The highest BCUT2D eigenvalue weighted by Gasteiger charge is 2.04. The first kappa shape index (κ1) is 20.8. The van der Waals surface area contributed by atoms with Gasteiger partial charge in [0.15, 0.2) is 5.96 Å². The fraction of sp³-hybridized carbons (Fsp3) is 0.278. The highest BCUT2D eigenvalue weighted by atomic mass is 127. The summed E-state index contributed by atoms with van der Waals surface area (Å²) in [5, 5.41) is 6.65. The molecule has 2 aromatic rings. The minimum absolute atomic E-state index is 0. The van der Waals surface area contributed by atoms with Crippen LogP contribution in [0.25, 0.3) is 0 Å². The lowest BCUT2D eigenvalue weighted by molar-refractivity contribution is 0.409. The number of hydrogen-bond acceptors (Lipinski definition) is 2. The molecule has 0 heterocycles. The first-order valence-corrected chi connectivity index (χ1v) is 8.24. The van der Waals surface area contributed by atoms with Gasteiger partial charge >= 0.3 is 0 Å². The number of benzene rings is 2. The van der Waals surface area contributed by atoms with Crippen molar-refractivity contribution < 1.29 is 4.74 Å². The molecule has 130 valence electrons. The zero-order valence-corrected chi connectivity index (χ0v) is 18.0. The van der Waals surface area contributed by atoms with Crippen molar-refractivity contribution >= 4 is 45.9 Å². The second-order valence-electron chi connectivity index (χ2n) is 5.16. The number of guanidine groups is 1. The number of para-hydroxylation sites is 1. The van der Waals surface area contributed by atoms with Crippen LogP contribution >= 0.6 is 39.9 Å². The smallest absolute Gasteiger partial charge is 0.191 e. The van der Waals surface area contributed by atoms with E-state index in [1.807, 2.05) is 24.3 Å². The highest BCUT2D eigenvalue weighted by Crippen LogP contribution is 2.17. The van der Waals surface area contributed by atoms with Crippen molar-refractivity contribution in [2.24, 2.45) is 4.99 Å². The largest absolute Gasteiger partial charge is 0.496 e. The van der Waals surface area contributed by atoms with Crippen molar-refractivity contribution in [1.82, 2.24) is 10.6 Å².